The lowest BCUT2D eigenvalue weighted by molar-refractivity contribution is -0.123. The van der Waals surface area contributed by atoms with E-state index in [1.807, 2.05) is 13.8 Å². The number of ether oxygens (including phenoxy) is 1. The first-order valence-corrected chi connectivity index (χ1v) is 9.35. The largest absolute Gasteiger partial charge is 0.490 e. The summed E-state index contributed by atoms with van der Waals surface area (Å²) in [7, 11) is 1.73. The van der Waals surface area contributed by atoms with E-state index in [0.29, 0.717) is 25.6 Å². The molecule has 146 valence electrons. The van der Waals surface area contributed by atoms with Crippen molar-refractivity contribution in [2.75, 3.05) is 20.1 Å². The molecule has 0 saturated carbocycles. The van der Waals surface area contributed by atoms with Gasteiger partial charge in [0.2, 0.25) is 5.91 Å². The Morgan fingerprint density at radius 2 is 1.85 bits per heavy atom. The minimum Gasteiger partial charge on any atom is -0.490 e. The number of nitrogens with one attached hydrogen (secondary N) is 3. The number of aryl methyl sites for hydroxylation is 1. The zero-order chi connectivity index (χ0) is 19.5. The predicted octanol–water partition coefficient (Wildman–Crippen LogP) is 2.61. The summed E-state index contributed by atoms with van der Waals surface area (Å²) in [6, 6.07) is 6.23. The molecule has 1 atom stereocenters. The van der Waals surface area contributed by atoms with Crippen molar-refractivity contribution in [1.82, 2.24) is 16.0 Å². The highest BCUT2D eigenvalue weighted by atomic mass is 16.5. The van der Waals surface area contributed by atoms with Gasteiger partial charge in [0, 0.05) is 38.2 Å². The standard InChI is InChI=1S/C20H34N4O2/c1-7-16(5)26-18-12-15(4)8-9-17(18)13-24-20(21-6)23-11-10-22-19(25)14(2)3/h8-9,12,14,16H,7,10-11,13H2,1-6H3,(H,22,25)(H2,21,23,24). The molecule has 0 radical (unpaired) electrons. The molecule has 26 heavy (non-hydrogen) atoms. The van der Waals surface area contributed by atoms with Crippen molar-refractivity contribution >= 4 is 11.9 Å². The molecule has 1 rings (SSSR count). The number of rotatable bonds is 9. The number of aliphatic imine (C=N–C) groups is 1. The number of benzene rings is 1. The van der Waals surface area contributed by atoms with Crippen molar-refractivity contribution in [2.45, 2.75) is 53.7 Å². The normalized spacial score (nSPS) is 12.7. The lowest BCUT2D eigenvalue weighted by Crippen LogP contribution is -2.41. The van der Waals surface area contributed by atoms with Gasteiger partial charge in [0.1, 0.15) is 5.75 Å². The average Bonchev–Trinajstić information content (AvgIpc) is 2.61. The molecule has 0 aliphatic carbocycles. The van der Waals surface area contributed by atoms with Gasteiger partial charge in [0.15, 0.2) is 5.96 Å². The number of hydrogen-bond acceptors (Lipinski definition) is 3. The van der Waals surface area contributed by atoms with Gasteiger partial charge in [0.25, 0.3) is 0 Å². The van der Waals surface area contributed by atoms with Crippen LogP contribution in [0.25, 0.3) is 0 Å². The number of hydrogen-bond donors (Lipinski definition) is 3. The van der Waals surface area contributed by atoms with E-state index >= 15 is 0 Å². The van der Waals surface area contributed by atoms with Crippen LogP contribution in [0, 0.1) is 12.8 Å². The van der Waals surface area contributed by atoms with Crippen LogP contribution in [0.4, 0.5) is 0 Å². The molecule has 0 bridgehead atoms. The number of guanidine groups is 1. The Morgan fingerprint density at radius 1 is 1.15 bits per heavy atom. The van der Waals surface area contributed by atoms with Crippen molar-refractivity contribution in [2.24, 2.45) is 10.9 Å². The van der Waals surface area contributed by atoms with Gasteiger partial charge in [-0.15, -0.1) is 0 Å². The van der Waals surface area contributed by atoms with Crippen molar-refractivity contribution in [3.63, 3.8) is 0 Å². The maximum atomic E-state index is 11.5. The third-order valence-electron chi connectivity index (χ3n) is 4.04. The number of amides is 1. The number of carbonyl (C=O) groups excluding carboxylic acids is 1. The molecular formula is C20H34N4O2. The first-order chi connectivity index (χ1) is 12.4. The summed E-state index contributed by atoms with van der Waals surface area (Å²) in [5.74, 6) is 1.66. The Kier molecular flexibility index (Phi) is 9.55. The molecule has 6 nitrogen and oxygen atoms in total. The molecule has 1 aromatic carbocycles. The second kappa shape index (κ2) is 11.4. The maximum Gasteiger partial charge on any atom is 0.222 e. The van der Waals surface area contributed by atoms with E-state index in [4.69, 9.17) is 4.74 Å². The minimum absolute atomic E-state index is 0.00194. The molecule has 0 aliphatic heterocycles. The van der Waals surface area contributed by atoms with E-state index in [1.54, 1.807) is 7.05 Å². The van der Waals surface area contributed by atoms with Crippen molar-refractivity contribution < 1.29 is 9.53 Å². The van der Waals surface area contributed by atoms with Gasteiger partial charge in [0.05, 0.1) is 6.10 Å². The molecule has 0 aliphatic rings. The Balaban J connectivity index is 2.54. The zero-order valence-corrected chi connectivity index (χ0v) is 17.0. The van der Waals surface area contributed by atoms with Gasteiger partial charge in [-0.05, 0) is 31.9 Å². The van der Waals surface area contributed by atoms with Crippen LogP contribution >= 0.6 is 0 Å². The Bertz CT molecular complexity index is 599. The summed E-state index contributed by atoms with van der Waals surface area (Å²) in [6.45, 7) is 11.8. The van der Waals surface area contributed by atoms with E-state index in [-0.39, 0.29) is 17.9 Å². The number of carbonyl (C=O) groups is 1. The Labute approximate surface area is 157 Å². The van der Waals surface area contributed by atoms with Crippen LogP contribution in [-0.2, 0) is 11.3 Å². The van der Waals surface area contributed by atoms with Crippen LogP contribution in [0.5, 0.6) is 5.75 Å². The molecule has 6 heteroatoms. The second-order valence-corrected chi connectivity index (χ2v) is 6.75. The quantitative estimate of drug-likeness (QED) is 0.359. The van der Waals surface area contributed by atoms with Crippen molar-refractivity contribution in [1.29, 1.82) is 0 Å². The van der Waals surface area contributed by atoms with E-state index < -0.39 is 0 Å². The molecule has 3 N–H and O–H groups in total. The third-order valence-corrected chi connectivity index (χ3v) is 4.04. The molecule has 0 aromatic heterocycles. The topological polar surface area (TPSA) is 74.8 Å². The van der Waals surface area contributed by atoms with Gasteiger partial charge in [-0.1, -0.05) is 32.9 Å². The van der Waals surface area contributed by atoms with Crippen molar-refractivity contribution in [3.8, 4) is 5.75 Å². The van der Waals surface area contributed by atoms with Crippen LogP contribution < -0.4 is 20.7 Å². The minimum atomic E-state index is -0.00194. The summed E-state index contributed by atoms with van der Waals surface area (Å²) in [5.41, 5.74) is 2.27. The fourth-order valence-corrected chi connectivity index (χ4v) is 2.19. The van der Waals surface area contributed by atoms with Crippen molar-refractivity contribution in [3.05, 3.63) is 29.3 Å². The Hall–Kier alpha value is -2.24. The summed E-state index contributed by atoms with van der Waals surface area (Å²) in [6.07, 6.45) is 1.14. The van der Waals surface area contributed by atoms with Crippen LogP contribution in [0.1, 0.15) is 45.2 Å². The monoisotopic (exact) mass is 362 g/mol. The van der Waals surface area contributed by atoms with Crippen LogP contribution in [-0.4, -0.2) is 38.1 Å². The van der Waals surface area contributed by atoms with Gasteiger partial charge in [-0.2, -0.15) is 0 Å². The maximum absolute atomic E-state index is 11.5. The molecular weight excluding hydrogens is 328 g/mol. The first kappa shape index (κ1) is 21.8. The number of nitrogens with zero attached hydrogens (tertiary/aromatic N) is 1. The predicted molar refractivity (Wildman–Crippen MR) is 108 cm³/mol. The smallest absolute Gasteiger partial charge is 0.222 e. The van der Waals surface area contributed by atoms with Crippen LogP contribution in [0.3, 0.4) is 0 Å². The van der Waals surface area contributed by atoms with Crippen LogP contribution in [0.2, 0.25) is 0 Å². The van der Waals surface area contributed by atoms with E-state index in [2.05, 4.69) is 59.9 Å². The van der Waals surface area contributed by atoms with Gasteiger partial charge in [-0.25, -0.2) is 0 Å². The molecule has 0 heterocycles. The van der Waals surface area contributed by atoms with Gasteiger partial charge >= 0.3 is 0 Å². The molecule has 1 amide bonds. The third kappa shape index (κ3) is 7.76. The highest BCUT2D eigenvalue weighted by molar-refractivity contribution is 5.80. The van der Waals surface area contributed by atoms with E-state index in [9.17, 15) is 4.79 Å². The Morgan fingerprint density at radius 3 is 2.46 bits per heavy atom. The molecule has 0 fully saturated rings. The summed E-state index contributed by atoms with van der Waals surface area (Å²) in [4.78, 5) is 15.8. The molecule has 1 aromatic rings. The van der Waals surface area contributed by atoms with Gasteiger partial charge < -0.3 is 20.7 Å². The fraction of sp³-hybridized carbons (Fsp3) is 0.600. The molecule has 0 saturated heterocycles. The highest BCUT2D eigenvalue weighted by Crippen LogP contribution is 2.22. The second-order valence-electron chi connectivity index (χ2n) is 6.75. The SMILES string of the molecule is CCC(C)Oc1cc(C)ccc1CNC(=NC)NCCNC(=O)C(C)C. The lowest BCUT2D eigenvalue weighted by Gasteiger charge is -2.18. The zero-order valence-electron chi connectivity index (χ0n) is 17.0. The van der Waals surface area contributed by atoms with Gasteiger partial charge in [-0.3, -0.25) is 9.79 Å². The summed E-state index contributed by atoms with van der Waals surface area (Å²) in [5, 5.41) is 9.37. The average molecular weight is 363 g/mol. The van der Waals surface area contributed by atoms with E-state index in [1.165, 1.54) is 5.56 Å². The lowest BCUT2D eigenvalue weighted by atomic mass is 10.1. The fourth-order valence-electron chi connectivity index (χ4n) is 2.19. The van der Waals surface area contributed by atoms with Crippen LogP contribution in [0.15, 0.2) is 23.2 Å². The highest BCUT2D eigenvalue weighted by Gasteiger charge is 2.09. The summed E-state index contributed by atoms with van der Waals surface area (Å²) < 4.78 is 6.04. The molecule has 0 spiro atoms. The summed E-state index contributed by atoms with van der Waals surface area (Å²) >= 11 is 0. The molecule has 1 unspecified atom stereocenters. The first-order valence-electron chi connectivity index (χ1n) is 9.35. The van der Waals surface area contributed by atoms with E-state index in [0.717, 1.165) is 17.7 Å².